The summed E-state index contributed by atoms with van der Waals surface area (Å²) in [4.78, 5) is 14.5. The van der Waals surface area contributed by atoms with Crippen LogP contribution in [-0.2, 0) is 0 Å². The van der Waals surface area contributed by atoms with Gasteiger partial charge in [-0.15, -0.1) is 11.8 Å². The quantitative estimate of drug-likeness (QED) is 0.751. The van der Waals surface area contributed by atoms with Crippen molar-refractivity contribution < 1.29 is 4.79 Å². The zero-order chi connectivity index (χ0) is 16.4. The van der Waals surface area contributed by atoms with Gasteiger partial charge in [0.25, 0.3) is 0 Å². The zero-order valence-corrected chi connectivity index (χ0v) is 14.9. The standard InChI is InChI=1S/C17H16Cl2N2OS/c1-11-4-2-3-5-15(11)20-17(22)21-8-9-23-16(21)12-6-7-13(18)14(19)10-12/h2-7,10,16H,8-9H2,1H3,(H,20,22). The first-order valence-corrected chi connectivity index (χ1v) is 9.06. The molecule has 2 aromatic carbocycles. The van der Waals surface area contributed by atoms with E-state index in [1.807, 2.05) is 48.2 Å². The third kappa shape index (κ3) is 3.60. The fourth-order valence-electron chi connectivity index (χ4n) is 2.52. The van der Waals surface area contributed by atoms with Crippen LogP contribution in [0.25, 0.3) is 0 Å². The van der Waals surface area contributed by atoms with Gasteiger partial charge in [-0.25, -0.2) is 4.79 Å². The lowest BCUT2D eigenvalue weighted by Gasteiger charge is -2.25. The predicted molar refractivity (Wildman–Crippen MR) is 98.6 cm³/mol. The first kappa shape index (κ1) is 16.5. The maximum absolute atomic E-state index is 12.6. The summed E-state index contributed by atoms with van der Waals surface area (Å²) in [5.74, 6) is 0.895. The third-order valence-electron chi connectivity index (χ3n) is 3.77. The van der Waals surface area contributed by atoms with Crippen LogP contribution in [0, 0.1) is 6.92 Å². The molecule has 3 nitrogen and oxygen atoms in total. The highest BCUT2D eigenvalue weighted by molar-refractivity contribution is 7.99. The monoisotopic (exact) mass is 366 g/mol. The second-order valence-electron chi connectivity index (χ2n) is 5.34. The first-order chi connectivity index (χ1) is 11.1. The number of anilines is 1. The highest BCUT2D eigenvalue weighted by Gasteiger charge is 2.31. The van der Waals surface area contributed by atoms with E-state index in [-0.39, 0.29) is 11.4 Å². The number of aryl methyl sites for hydroxylation is 1. The molecule has 120 valence electrons. The Kier molecular flexibility index (Phi) is 5.05. The Bertz CT molecular complexity index is 738. The van der Waals surface area contributed by atoms with Gasteiger partial charge < -0.3 is 10.2 Å². The summed E-state index contributed by atoms with van der Waals surface area (Å²) in [7, 11) is 0. The molecular formula is C17H16Cl2N2OS. The van der Waals surface area contributed by atoms with Gasteiger partial charge in [-0.3, -0.25) is 0 Å². The number of carbonyl (C=O) groups is 1. The molecule has 0 aliphatic carbocycles. The normalized spacial score (nSPS) is 17.3. The van der Waals surface area contributed by atoms with Crippen molar-refractivity contribution in [1.29, 1.82) is 0 Å². The summed E-state index contributed by atoms with van der Waals surface area (Å²) in [6, 6.07) is 13.2. The first-order valence-electron chi connectivity index (χ1n) is 7.26. The van der Waals surface area contributed by atoms with E-state index in [0.717, 1.165) is 22.6 Å². The molecule has 0 aromatic heterocycles. The lowest BCUT2D eigenvalue weighted by atomic mass is 10.2. The van der Waals surface area contributed by atoms with Crippen molar-refractivity contribution in [3.8, 4) is 0 Å². The number of nitrogens with zero attached hydrogens (tertiary/aromatic N) is 1. The Morgan fingerprint density at radius 1 is 1.22 bits per heavy atom. The Labute approximate surface area is 150 Å². The molecule has 6 heteroatoms. The second kappa shape index (κ2) is 7.04. The van der Waals surface area contributed by atoms with E-state index in [2.05, 4.69) is 5.32 Å². The summed E-state index contributed by atoms with van der Waals surface area (Å²) >= 11 is 13.8. The number of benzene rings is 2. The number of thioether (sulfide) groups is 1. The number of amides is 2. The number of hydrogen-bond acceptors (Lipinski definition) is 2. The summed E-state index contributed by atoms with van der Waals surface area (Å²) in [6.07, 6.45) is 0. The predicted octanol–water partition coefficient (Wildman–Crippen LogP) is 5.58. The fourth-order valence-corrected chi connectivity index (χ4v) is 4.07. The molecule has 2 amide bonds. The molecule has 0 saturated carbocycles. The average molecular weight is 367 g/mol. The van der Waals surface area contributed by atoms with Crippen LogP contribution < -0.4 is 5.32 Å². The molecule has 3 rings (SSSR count). The molecule has 1 N–H and O–H groups in total. The molecule has 0 spiro atoms. The summed E-state index contributed by atoms with van der Waals surface area (Å²) < 4.78 is 0. The van der Waals surface area contributed by atoms with Gasteiger partial charge in [0.2, 0.25) is 0 Å². The van der Waals surface area contributed by atoms with E-state index in [1.165, 1.54) is 0 Å². The van der Waals surface area contributed by atoms with Crippen LogP contribution in [0.3, 0.4) is 0 Å². The average Bonchev–Trinajstić information content (AvgIpc) is 3.02. The van der Waals surface area contributed by atoms with Crippen LogP contribution in [0.2, 0.25) is 10.0 Å². The molecule has 1 aliphatic rings. The fraction of sp³-hybridized carbons (Fsp3) is 0.235. The van der Waals surface area contributed by atoms with E-state index in [0.29, 0.717) is 16.6 Å². The minimum Gasteiger partial charge on any atom is -0.308 e. The number of hydrogen-bond donors (Lipinski definition) is 1. The van der Waals surface area contributed by atoms with Crippen LogP contribution >= 0.6 is 35.0 Å². The maximum Gasteiger partial charge on any atom is 0.323 e. The number of halogens is 2. The number of para-hydroxylation sites is 1. The van der Waals surface area contributed by atoms with Gasteiger partial charge in [-0.05, 0) is 36.2 Å². The van der Waals surface area contributed by atoms with Gasteiger partial charge in [-0.2, -0.15) is 0 Å². The third-order valence-corrected chi connectivity index (χ3v) is 5.77. The Balaban J connectivity index is 1.79. The maximum atomic E-state index is 12.6. The van der Waals surface area contributed by atoms with Gasteiger partial charge in [0, 0.05) is 18.0 Å². The number of rotatable bonds is 2. The Hall–Kier alpha value is -1.36. The van der Waals surface area contributed by atoms with Crippen LogP contribution in [0.15, 0.2) is 42.5 Å². The highest BCUT2D eigenvalue weighted by atomic mass is 35.5. The molecule has 1 fully saturated rings. The highest BCUT2D eigenvalue weighted by Crippen LogP contribution is 2.40. The SMILES string of the molecule is Cc1ccccc1NC(=O)N1CCSC1c1ccc(Cl)c(Cl)c1. The minimum atomic E-state index is -0.0969. The molecule has 1 unspecified atom stereocenters. The van der Waals surface area contributed by atoms with Gasteiger partial charge >= 0.3 is 6.03 Å². The summed E-state index contributed by atoms with van der Waals surface area (Å²) in [6.45, 7) is 2.68. The van der Waals surface area contributed by atoms with Crippen molar-refractivity contribution in [1.82, 2.24) is 4.90 Å². The van der Waals surface area contributed by atoms with Crippen LogP contribution in [0.1, 0.15) is 16.5 Å². The van der Waals surface area contributed by atoms with Crippen LogP contribution in [0.4, 0.5) is 10.5 Å². The molecular weight excluding hydrogens is 351 g/mol. The lowest BCUT2D eigenvalue weighted by Crippen LogP contribution is -2.34. The summed E-state index contributed by atoms with van der Waals surface area (Å²) in [5.41, 5.74) is 2.86. The van der Waals surface area contributed by atoms with Crippen molar-refractivity contribution in [2.45, 2.75) is 12.3 Å². The number of nitrogens with one attached hydrogen (secondary N) is 1. The van der Waals surface area contributed by atoms with Gasteiger partial charge in [-0.1, -0.05) is 47.5 Å². The summed E-state index contributed by atoms with van der Waals surface area (Å²) in [5, 5.41) is 3.98. The van der Waals surface area contributed by atoms with Crippen LogP contribution in [-0.4, -0.2) is 23.2 Å². The van der Waals surface area contributed by atoms with Gasteiger partial charge in [0.1, 0.15) is 5.37 Å². The molecule has 1 aliphatic heterocycles. The largest absolute Gasteiger partial charge is 0.323 e. The zero-order valence-electron chi connectivity index (χ0n) is 12.6. The van der Waals surface area contributed by atoms with Gasteiger partial charge in [0.05, 0.1) is 10.0 Å². The molecule has 1 saturated heterocycles. The topological polar surface area (TPSA) is 32.3 Å². The number of carbonyl (C=O) groups excluding carboxylic acids is 1. The van der Waals surface area contributed by atoms with Crippen LogP contribution in [0.5, 0.6) is 0 Å². The van der Waals surface area contributed by atoms with Crippen molar-refractivity contribution in [2.24, 2.45) is 0 Å². The molecule has 0 bridgehead atoms. The Morgan fingerprint density at radius 3 is 2.74 bits per heavy atom. The van der Waals surface area contributed by atoms with E-state index in [1.54, 1.807) is 17.8 Å². The van der Waals surface area contributed by atoms with Crippen molar-refractivity contribution in [3.63, 3.8) is 0 Å². The van der Waals surface area contributed by atoms with E-state index < -0.39 is 0 Å². The number of urea groups is 1. The van der Waals surface area contributed by atoms with Crippen molar-refractivity contribution in [3.05, 3.63) is 63.6 Å². The minimum absolute atomic E-state index is 0.0474. The molecule has 1 atom stereocenters. The lowest BCUT2D eigenvalue weighted by molar-refractivity contribution is 0.214. The van der Waals surface area contributed by atoms with E-state index in [4.69, 9.17) is 23.2 Å². The van der Waals surface area contributed by atoms with Gasteiger partial charge in [0.15, 0.2) is 0 Å². The molecule has 23 heavy (non-hydrogen) atoms. The molecule has 0 radical (unpaired) electrons. The van der Waals surface area contributed by atoms with Crippen molar-refractivity contribution >= 4 is 46.7 Å². The Morgan fingerprint density at radius 2 is 2.00 bits per heavy atom. The van der Waals surface area contributed by atoms with Crippen molar-refractivity contribution in [2.75, 3.05) is 17.6 Å². The second-order valence-corrected chi connectivity index (χ2v) is 7.34. The molecule has 2 aromatic rings. The molecule has 1 heterocycles. The van der Waals surface area contributed by atoms with E-state index >= 15 is 0 Å². The smallest absolute Gasteiger partial charge is 0.308 e. The van der Waals surface area contributed by atoms with E-state index in [9.17, 15) is 4.79 Å².